The molecule has 1 aromatic rings. The van der Waals surface area contributed by atoms with Gasteiger partial charge in [-0.3, -0.25) is 9.78 Å². The van der Waals surface area contributed by atoms with Gasteiger partial charge in [-0.05, 0) is 12.5 Å². The number of nitrogens with zero attached hydrogens (tertiary/aromatic N) is 1. The molecule has 0 bridgehead atoms. The van der Waals surface area contributed by atoms with Crippen LogP contribution in [-0.2, 0) is 11.4 Å². The molecule has 1 aromatic heterocycles. The third kappa shape index (κ3) is 3.21. The second-order valence-corrected chi connectivity index (χ2v) is 4.24. The lowest BCUT2D eigenvalue weighted by molar-refractivity contribution is -0.136. The topological polar surface area (TPSA) is 70.4 Å². The van der Waals surface area contributed by atoms with Gasteiger partial charge < -0.3 is 10.2 Å². The zero-order chi connectivity index (χ0) is 11.3. The molecule has 2 N–H and O–H groups in total. The van der Waals surface area contributed by atoms with Gasteiger partial charge in [0.15, 0.2) is 0 Å². The molecule has 0 aliphatic carbocycles. The van der Waals surface area contributed by atoms with Gasteiger partial charge in [-0.15, -0.1) is 11.8 Å². The number of pyridine rings is 1. The van der Waals surface area contributed by atoms with E-state index in [2.05, 4.69) is 4.98 Å². The van der Waals surface area contributed by atoms with Crippen LogP contribution in [0.15, 0.2) is 23.4 Å². The summed E-state index contributed by atoms with van der Waals surface area (Å²) in [5, 5.41) is 17.5. The molecule has 1 rings (SSSR count). The third-order valence-corrected chi connectivity index (χ3v) is 3.42. The van der Waals surface area contributed by atoms with Crippen LogP contribution in [0.5, 0.6) is 0 Å². The summed E-state index contributed by atoms with van der Waals surface area (Å²) in [4.78, 5) is 15.5. The Balaban J connectivity index is 2.82. The molecular weight excluding hydrogens is 214 g/mol. The van der Waals surface area contributed by atoms with Crippen LogP contribution in [-0.4, -0.2) is 26.4 Å². The predicted molar refractivity (Wildman–Crippen MR) is 57.7 cm³/mol. The maximum absolute atomic E-state index is 10.8. The van der Waals surface area contributed by atoms with Gasteiger partial charge in [0.05, 0.1) is 6.61 Å². The highest BCUT2D eigenvalue weighted by Crippen LogP contribution is 2.28. The quantitative estimate of drug-likeness (QED) is 0.746. The van der Waals surface area contributed by atoms with E-state index in [4.69, 9.17) is 10.2 Å². The minimum atomic E-state index is -0.830. The smallest absolute Gasteiger partial charge is 0.316 e. The number of aliphatic hydroxyl groups is 1. The van der Waals surface area contributed by atoms with Crippen LogP contribution in [0.4, 0.5) is 0 Å². The Kier molecular flexibility index (Phi) is 4.58. The lowest BCUT2D eigenvalue weighted by Gasteiger charge is -2.11. The number of aliphatic carboxylic acids is 1. The largest absolute Gasteiger partial charge is 0.480 e. The number of hydrogen-bond donors (Lipinski definition) is 2. The highest BCUT2D eigenvalue weighted by molar-refractivity contribution is 8.00. The van der Waals surface area contributed by atoms with Crippen LogP contribution >= 0.6 is 11.8 Å². The minimum Gasteiger partial charge on any atom is -0.480 e. The van der Waals surface area contributed by atoms with Gasteiger partial charge in [0, 0.05) is 22.9 Å². The summed E-state index contributed by atoms with van der Waals surface area (Å²) in [7, 11) is 0. The molecule has 15 heavy (non-hydrogen) atoms. The van der Waals surface area contributed by atoms with Gasteiger partial charge in [-0.25, -0.2) is 0 Å². The van der Waals surface area contributed by atoms with Crippen molar-refractivity contribution in [3.63, 3.8) is 0 Å². The molecule has 0 amide bonds. The average molecular weight is 227 g/mol. The van der Waals surface area contributed by atoms with Crippen LogP contribution in [0, 0.1) is 0 Å². The average Bonchev–Trinajstić information content (AvgIpc) is 2.25. The summed E-state index contributed by atoms with van der Waals surface area (Å²) < 4.78 is 0. The van der Waals surface area contributed by atoms with E-state index in [1.807, 2.05) is 6.92 Å². The summed E-state index contributed by atoms with van der Waals surface area (Å²) in [5.41, 5.74) is 0.669. The van der Waals surface area contributed by atoms with Gasteiger partial charge in [0.25, 0.3) is 0 Å². The number of carboxylic acids is 1. The summed E-state index contributed by atoms with van der Waals surface area (Å²) in [6.45, 7) is 1.71. The van der Waals surface area contributed by atoms with E-state index in [0.717, 1.165) is 4.90 Å². The van der Waals surface area contributed by atoms with Gasteiger partial charge >= 0.3 is 5.97 Å². The summed E-state index contributed by atoms with van der Waals surface area (Å²) in [5.74, 6) is -0.830. The fraction of sp³-hybridized carbons (Fsp3) is 0.400. The van der Waals surface area contributed by atoms with E-state index in [9.17, 15) is 4.79 Å². The van der Waals surface area contributed by atoms with Crippen molar-refractivity contribution in [1.29, 1.82) is 0 Å². The van der Waals surface area contributed by atoms with E-state index in [0.29, 0.717) is 12.0 Å². The number of aromatic nitrogens is 1. The highest BCUT2D eigenvalue weighted by Gasteiger charge is 2.17. The summed E-state index contributed by atoms with van der Waals surface area (Å²) in [6, 6.07) is 1.72. The van der Waals surface area contributed by atoms with E-state index in [-0.39, 0.29) is 6.61 Å². The number of rotatable bonds is 5. The van der Waals surface area contributed by atoms with Crippen LogP contribution in [0.3, 0.4) is 0 Å². The lowest BCUT2D eigenvalue weighted by Crippen LogP contribution is -2.15. The van der Waals surface area contributed by atoms with Crippen LogP contribution in [0.2, 0.25) is 0 Å². The first kappa shape index (κ1) is 12.0. The van der Waals surface area contributed by atoms with Gasteiger partial charge in [0.2, 0.25) is 0 Å². The molecule has 0 aliphatic rings. The van der Waals surface area contributed by atoms with Crippen molar-refractivity contribution < 1.29 is 15.0 Å². The molecule has 0 saturated carbocycles. The first-order valence-electron chi connectivity index (χ1n) is 4.62. The van der Waals surface area contributed by atoms with Crippen molar-refractivity contribution in [2.45, 2.75) is 30.1 Å². The maximum atomic E-state index is 10.8. The first-order chi connectivity index (χ1) is 7.19. The van der Waals surface area contributed by atoms with Gasteiger partial charge in [0.1, 0.15) is 5.25 Å². The fourth-order valence-corrected chi connectivity index (χ4v) is 2.09. The number of aliphatic hydroxyl groups excluding tert-OH is 1. The standard InChI is InChI=1S/C10H13NO3S/c1-2-8(10(13)14)15-9-3-4-11-5-7(9)6-12/h3-5,8,12H,2,6H2,1H3,(H,13,14). The van der Waals surface area contributed by atoms with E-state index >= 15 is 0 Å². The molecule has 0 spiro atoms. The maximum Gasteiger partial charge on any atom is 0.316 e. The number of hydrogen-bond acceptors (Lipinski definition) is 4. The number of carboxylic acid groups (broad SMARTS) is 1. The molecule has 1 atom stereocenters. The van der Waals surface area contributed by atoms with Crippen molar-refractivity contribution in [2.24, 2.45) is 0 Å². The molecule has 0 aliphatic heterocycles. The molecular formula is C10H13NO3S. The van der Waals surface area contributed by atoms with Crippen molar-refractivity contribution in [3.05, 3.63) is 24.0 Å². The second-order valence-electron chi connectivity index (χ2n) is 2.99. The summed E-state index contributed by atoms with van der Waals surface area (Å²) in [6.07, 6.45) is 3.69. The Hall–Kier alpha value is -1.07. The van der Waals surface area contributed by atoms with Gasteiger partial charge in [-0.2, -0.15) is 0 Å². The monoisotopic (exact) mass is 227 g/mol. The predicted octanol–water partition coefficient (Wildman–Crippen LogP) is 1.53. The number of carbonyl (C=O) groups is 1. The highest BCUT2D eigenvalue weighted by atomic mass is 32.2. The van der Waals surface area contributed by atoms with Crippen molar-refractivity contribution >= 4 is 17.7 Å². The Morgan fingerprint density at radius 1 is 1.67 bits per heavy atom. The molecule has 0 fully saturated rings. The Morgan fingerprint density at radius 3 is 2.93 bits per heavy atom. The van der Waals surface area contributed by atoms with E-state index in [1.54, 1.807) is 18.5 Å². The molecule has 0 aromatic carbocycles. The first-order valence-corrected chi connectivity index (χ1v) is 5.50. The van der Waals surface area contributed by atoms with Crippen molar-refractivity contribution in [3.8, 4) is 0 Å². The molecule has 0 saturated heterocycles. The van der Waals surface area contributed by atoms with Crippen molar-refractivity contribution in [2.75, 3.05) is 0 Å². The molecule has 82 valence electrons. The normalized spacial score (nSPS) is 12.4. The Bertz CT molecular complexity index is 343. The van der Waals surface area contributed by atoms with E-state index in [1.165, 1.54) is 11.8 Å². The molecule has 0 radical (unpaired) electrons. The SMILES string of the molecule is CCC(Sc1ccncc1CO)C(=O)O. The number of thioether (sulfide) groups is 1. The molecule has 1 unspecified atom stereocenters. The van der Waals surface area contributed by atoms with Crippen molar-refractivity contribution in [1.82, 2.24) is 4.98 Å². The van der Waals surface area contributed by atoms with E-state index < -0.39 is 11.2 Å². The Morgan fingerprint density at radius 2 is 2.40 bits per heavy atom. The lowest BCUT2D eigenvalue weighted by atomic mass is 10.3. The second kappa shape index (κ2) is 5.72. The molecule has 5 heteroatoms. The van der Waals surface area contributed by atoms with Crippen LogP contribution in [0.1, 0.15) is 18.9 Å². The van der Waals surface area contributed by atoms with Gasteiger partial charge in [-0.1, -0.05) is 6.92 Å². The minimum absolute atomic E-state index is 0.119. The summed E-state index contributed by atoms with van der Waals surface area (Å²) >= 11 is 1.25. The zero-order valence-electron chi connectivity index (χ0n) is 8.38. The zero-order valence-corrected chi connectivity index (χ0v) is 9.20. The van der Waals surface area contributed by atoms with Crippen LogP contribution < -0.4 is 0 Å². The fourth-order valence-electron chi connectivity index (χ4n) is 1.11. The third-order valence-electron chi connectivity index (χ3n) is 1.94. The molecule has 4 nitrogen and oxygen atoms in total. The molecule has 1 heterocycles. The Labute approximate surface area is 92.3 Å². The van der Waals surface area contributed by atoms with Crippen LogP contribution in [0.25, 0.3) is 0 Å².